The number of aromatic hydroxyl groups is 1. The SMILES string of the molecule is O=C1NCCCC[C@H]1Nc1nc2ccccc2c2nc(-c3ccccc3O)nn12. The molecule has 3 N–H and O–H groups in total. The summed E-state index contributed by atoms with van der Waals surface area (Å²) >= 11 is 0. The number of nitrogens with zero attached hydrogens (tertiary/aromatic N) is 4. The lowest BCUT2D eigenvalue weighted by Crippen LogP contribution is -2.38. The van der Waals surface area contributed by atoms with E-state index in [0.717, 1.165) is 30.2 Å². The number of carbonyl (C=O) groups excluding carboxylic acids is 1. The highest BCUT2D eigenvalue weighted by molar-refractivity contribution is 5.93. The molecule has 2 aromatic carbocycles. The summed E-state index contributed by atoms with van der Waals surface area (Å²) in [6.45, 7) is 0.693. The molecule has 0 saturated carbocycles. The molecule has 0 spiro atoms. The third-order valence-electron chi connectivity index (χ3n) is 5.16. The predicted octanol–water partition coefficient (Wildman–Crippen LogP) is 2.73. The van der Waals surface area contributed by atoms with Crippen LogP contribution in [0.25, 0.3) is 27.9 Å². The Hall–Kier alpha value is -3.68. The van der Waals surface area contributed by atoms with Gasteiger partial charge < -0.3 is 15.7 Å². The first-order valence-corrected chi connectivity index (χ1v) is 9.69. The average Bonchev–Trinajstić information content (AvgIpc) is 3.08. The number of rotatable bonds is 3. The summed E-state index contributed by atoms with van der Waals surface area (Å²) in [7, 11) is 0. The molecule has 1 amide bonds. The number of benzene rings is 2. The number of hydrogen-bond acceptors (Lipinski definition) is 6. The standard InChI is InChI=1S/C21H20N6O2/c28-17-11-4-2-8-14(17)18-25-19-13-7-1-3-9-15(13)23-21(27(19)26-18)24-16-10-5-6-12-22-20(16)29/h1-4,7-9,11,16,28H,5-6,10,12H2,(H,22,29)(H,23,24)/t16-/m1/s1. The Labute approximate surface area is 166 Å². The Morgan fingerprint density at radius 1 is 1.07 bits per heavy atom. The second-order valence-electron chi connectivity index (χ2n) is 7.12. The molecule has 8 heteroatoms. The van der Waals surface area contributed by atoms with E-state index in [1.165, 1.54) is 0 Å². The number of carbonyl (C=O) groups is 1. The van der Waals surface area contributed by atoms with Crippen molar-refractivity contribution in [2.45, 2.75) is 25.3 Å². The lowest BCUT2D eigenvalue weighted by molar-refractivity contribution is -0.121. The highest BCUT2D eigenvalue weighted by Gasteiger charge is 2.23. The third-order valence-corrected chi connectivity index (χ3v) is 5.16. The van der Waals surface area contributed by atoms with Crippen molar-refractivity contribution in [1.29, 1.82) is 0 Å². The molecule has 3 heterocycles. The lowest BCUT2D eigenvalue weighted by atomic mass is 10.1. The zero-order chi connectivity index (χ0) is 19.8. The molecule has 146 valence electrons. The van der Waals surface area contributed by atoms with Crippen molar-refractivity contribution in [1.82, 2.24) is 24.9 Å². The van der Waals surface area contributed by atoms with Crippen LogP contribution in [0.15, 0.2) is 48.5 Å². The molecule has 29 heavy (non-hydrogen) atoms. The van der Waals surface area contributed by atoms with Crippen LogP contribution in [0, 0.1) is 0 Å². The molecular formula is C21H20N6O2. The first-order valence-electron chi connectivity index (χ1n) is 9.69. The van der Waals surface area contributed by atoms with Crippen LogP contribution in [-0.4, -0.2) is 43.2 Å². The van der Waals surface area contributed by atoms with Crippen LogP contribution in [0.2, 0.25) is 0 Å². The van der Waals surface area contributed by atoms with Crippen molar-refractivity contribution in [3.63, 3.8) is 0 Å². The fraction of sp³-hybridized carbons (Fsp3) is 0.238. The second-order valence-corrected chi connectivity index (χ2v) is 7.12. The molecule has 0 unspecified atom stereocenters. The normalized spacial score (nSPS) is 17.2. The fourth-order valence-electron chi connectivity index (χ4n) is 3.66. The number of phenolic OH excluding ortho intramolecular Hbond substituents is 1. The summed E-state index contributed by atoms with van der Waals surface area (Å²) in [4.78, 5) is 21.8. The zero-order valence-corrected chi connectivity index (χ0v) is 15.7. The van der Waals surface area contributed by atoms with Crippen molar-refractivity contribution in [3.8, 4) is 17.1 Å². The van der Waals surface area contributed by atoms with E-state index in [4.69, 9.17) is 4.98 Å². The van der Waals surface area contributed by atoms with Crippen LogP contribution in [0.5, 0.6) is 5.75 Å². The van der Waals surface area contributed by atoms with Gasteiger partial charge in [0.15, 0.2) is 11.5 Å². The van der Waals surface area contributed by atoms with Gasteiger partial charge in [0.1, 0.15) is 11.8 Å². The summed E-state index contributed by atoms with van der Waals surface area (Å²) < 4.78 is 1.61. The molecule has 5 rings (SSSR count). The quantitative estimate of drug-likeness (QED) is 0.498. The van der Waals surface area contributed by atoms with Crippen molar-refractivity contribution in [2.24, 2.45) is 0 Å². The van der Waals surface area contributed by atoms with Gasteiger partial charge in [-0.2, -0.15) is 4.52 Å². The molecule has 1 fully saturated rings. The average molecular weight is 388 g/mol. The molecule has 8 nitrogen and oxygen atoms in total. The topological polar surface area (TPSA) is 104 Å². The number of phenols is 1. The van der Waals surface area contributed by atoms with Gasteiger partial charge >= 0.3 is 0 Å². The minimum Gasteiger partial charge on any atom is -0.507 e. The van der Waals surface area contributed by atoms with E-state index in [9.17, 15) is 9.90 Å². The molecule has 1 aliphatic heterocycles. The molecule has 0 aliphatic carbocycles. The molecule has 1 saturated heterocycles. The van der Waals surface area contributed by atoms with Gasteiger partial charge in [0.2, 0.25) is 11.9 Å². The summed E-state index contributed by atoms with van der Waals surface area (Å²) in [6, 6.07) is 14.2. The van der Waals surface area contributed by atoms with Gasteiger partial charge in [0, 0.05) is 11.9 Å². The summed E-state index contributed by atoms with van der Waals surface area (Å²) in [6.07, 6.45) is 2.64. The van der Waals surface area contributed by atoms with Gasteiger partial charge in [-0.1, -0.05) is 24.3 Å². The number of fused-ring (bicyclic) bond motifs is 3. The van der Waals surface area contributed by atoms with Crippen LogP contribution < -0.4 is 10.6 Å². The minimum atomic E-state index is -0.382. The van der Waals surface area contributed by atoms with Gasteiger partial charge in [0.05, 0.1) is 11.1 Å². The summed E-state index contributed by atoms with van der Waals surface area (Å²) in [5.41, 5.74) is 1.91. The van der Waals surface area contributed by atoms with Crippen LogP contribution in [-0.2, 0) is 4.79 Å². The maximum absolute atomic E-state index is 12.4. The molecular weight excluding hydrogens is 368 g/mol. The molecule has 0 bridgehead atoms. The minimum absolute atomic E-state index is 0.0355. The van der Waals surface area contributed by atoms with Gasteiger partial charge in [0.25, 0.3) is 0 Å². The van der Waals surface area contributed by atoms with Gasteiger partial charge in [-0.05, 0) is 43.5 Å². The highest BCUT2D eigenvalue weighted by atomic mass is 16.3. The van der Waals surface area contributed by atoms with E-state index in [1.807, 2.05) is 30.3 Å². The molecule has 1 aliphatic rings. The van der Waals surface area contributed by atoms with Crippen molar-refractivity contribution in [3.05, 3.63) is 48.5 Å². The lowest BCUT2D eigenvalue weighted by Gasteiger charge is -2.16. The maximum atomic E-state index is 12.4. The van der Waals surface area contributed by atoms with E-state index in [-0.39, 0.29) is 17.7 Å². The number of nitrogens with one attached hydrogen (secondary N) is 2. The van der Waals surface area contributed by atoms with E-state index in [1.54, 1.807) is 22.7 Å². The van der Waals surface area contributed by atoms with Crippen LogP contribution in [0.3, 0.4) is 0 Å². The summed E-state index contributed by atoms with van der Waals surface area (Å²) in [5, 5.41) is 21.9. The Morgan fingerprint density at radius 3 is 2.79 bits per heavy atom. The van der Waals surface area contributed by atoms with Crippen molar-refractivity contribution in [2.75, 3.05) is 11.9 Å². The number of aromatic nitrogens is 4. The Balaban J connectivity index is 1.68. The van der Waals surface area contributed by atoms with E-state index < -0.39 is 0 Å². The third kappa shape index (κ3) is 3.12. The van der Waals surface area contributed by atoms with Crippen molar-refractivity contribution >= 4 is 28.4 Å². The summed E-state index contributed by atoms with van der Waals surface area (Å²) in [5.74, 6) is 0.925. The number of hydrogen-bond donors (Lipinski definition) is 3. The van der Waals surface area contributed by atoms with Crippen LogP contribution >= 0.6 is 0 Å². The molecule has 4 aromatic rings. The maximum Gasteiger partial charge on any atom is 0.242 e. The second kappa shape index (κ2) is 7.05. The zero-order valence-electron chi connectivity index (χ0n) is 15.7. The monoisotopic (exact) mass is 388 g/mol. The van der Waals surface area contributed by atoms with Gasteiger partial charge in [-0.25, -0.2) is 9.97 Å². The highest BCUT2D eigenvalue weighted by Crippen LogP contribution is 2.29. The number of amides is 1. The largest absolute Gasteiger partial charge is 0.507 e. The Morgan fingerprint density at radius 2 is 1.90 bits per heavy atom. The van der Waals surface area contributed by atoms with E-state index in [2.05, 4.69) is 20.7 Å². The van der Waals surface area contributed by atoms with Crippen molar-refractivity contribution < 1.29 is 9.90 Å². The Bertz CT molecular complexity index is 1220. The first-order chi connectivity index (χ1) is 14.2. The molecule has 0 radical (unpaired) electrons. The first kappa shape index (κ1) is 17.4. The Kier molecular flexibility index (Phi) is 4.23. The van der Waals surface area contributed by atoms with E-state index >= 15 is 0 Å². The van der Waals surface area contributed by atoms with Gasteiger partial charge in [-0.3, -0.25) is 4.79 Å². The molecule has 2 aromatic heterocycles. The fourth-order valence-corrected chi connectivity index (χ4v) is 3.66. The predicted molar refractivity (Wildman–Crippen MR) is 110 cm³/mol. The van der Waals surface area contributed by atoms with Gasteiger partial charge in [-0.15, -0.1) is 5.10 Å². The molecule has 1 atom stereocenters. The number of para-hydroxylation sites is 2. The van der Waals surface area contributed by atoms with Crippen LogP contribution in [0.1, 0.15) is 19.3 Å². The van der Waals surface area contributed by atoms with Crippen LogP contribution in [0.4, 0.5) is 5.95 Å². The van der Waals surface area contributed by atoms with E-state index in [0.29, 0.717) is 29.5 Å². The smallest absolute Gasteiger partial charge is 0.242 e. The number of anilines is 1.